The van der Waals surface area contributed by atoms with Crippen LogP contribution in [0.5, 0.6) is 0 Å². The lowest BCUT2D eigenvalue weighted by Gasteiger charge is -2.13. The third-order valence-corrected chi connectivity index (χ3v) is 3.74. The van der Waals surface area contributed by atoms with Gasteiger partial charge in [0, 0.05) is 38.5 Å². The molecule has 1 aliphatic heterocycles. The number of nitrogens with two attached hydrogens (primary N) is 1. The molecule has 2 heterocycles. The number of urea groups is 1. The Morgan fingerprint density at radius 1 is 1.44 bits per heavy atom. The van der Waals surface area contributed by atoms with Crippen molar-refractivity contribution >= 4 is 17.8 Å². The minimum absolute atomic E-state index is 0.0233. The van der Waals surface area contributed by atoms with Crippen molar-refractivity contribution in [3.05, 3.63) is 5.82 Å². The molecular weight excluding hydrogens is 252 g/mol. The highest BCUT2D eigenvalue weighted by atomic mass is 32.2. The van der Waals surface area contributed by atoms with Crippen molar-refractivity contribution in [3.63, 3.8) is 0 Å². The molecule has 2 rings (SSSR count). The van der Waals surface area contributed by atoms with Gasteiger partial charge in [-0.3, -0.25) is 0 Å². The first kappa shape index (κ1) is 13.2. The molecule has 8 heteroatoms. The minimum Gasteiger partial charge on any atom is -0.336 e. The van der Waals surface area contributed by atoms with Gasteiger partial charge in [-0.05, 0) is 6.92 Å². The molecule has 7 nitrogen and oxygen atoms in total. The fraction of sp³-hybridized carbons (Fsp3) is 0.700. The van der Waals surface area contributed by atoms with E-state index in [9.17, 15) is 4.79 Å². The lowest BCUT2D eigenvalue weighted by molar-refractivity contribution is 0.220. The second-order valence-electron chi connectivity index (χ2n) is 4.04. The molecule has 2 amide bonds. The molecule has 0 atom stereocenters. The van der Waals surface area contributed by atoms with Gasteiger partial charge >= 0.3 is 6.03 Å². The van der Waals surface area contributed by atoms with Crippen LogP contribution >= 0.6 is 11.8 Å². The minimum atomic E-state index is 0.0233. The molecule has 0 unspecified atom stereocenters. The Kier molecular flexibility index (Phi) is 4.43. The molecule has 1 aromatic heterocycles. The van der Waals surface area contributed by atoms with Gasteiger partial charge in [-0.25, -0.2) is 4.79 Å². The lowest BCUT2D eigenvalue weighted by atomic mass is 10.6. The third kappa shape index (κ3) is 2.94. The number of nitrogens with one attached hydrogen (secondary N) is 1. The lowest BCUT2D eigenvalue weighted by Crippen LogP contribution is -2.30. The van der Waals surface area contributed by atoms with E-state index in [0.29, 0.717) is 6.54 Å². The highest BCUT2D eigenvalue weighted by Crippen LogP contribution is 2.16. The first-order valence-electron chi connectivity index (χ1n) is 5.98. The zero-order valence-electron chi connectivity index (χ0n) is 10.4. The van der Waals surface area contributed by atoms with Crippen molar-refractivity contribution in [3.8, 4) is 0 Å². The van der Waals surface area contributed by atoms with E-state index in [1.54, 1.807) is 11.8 Å². The molecule has 1 saturated heterocycles. The fourth-order valence-electron chi connectivity index (χ4n) is 1.83. The topological polar surface area (TPSA) is 89.1 Å². The van der Waals surface area contributed by atoms with Gasteiger partial charge in [0.2, 0.25) is 0 Å². The van der Waals surface area contributed by atoms with Gasteiger partial charge in [0.1, 0.15) is 5.82 Å². The summed E-state index contributed by atoms with van der Waals surface area (Å²) in [5.41, 5.74) is 5.56. The molecule has 1 aliphatic rings. The van der Waals surface area contributed by atoms with Crippen LogP contribution in [-0.4, -0.2) is 57.6 Å². The summed E-state index contributed by atoms with van der Waals surface area (Å²) in [5, 5.41) is 11.8. The molecule has 1 aromatic rings. The third-order valence-electron chi connectivity index (χ3n) is 2.79. The van der Waals surface area contributed by atoms with E-state index >= 15 is 0 Å². The Hall–Kier alpha value is -1.28. The van der Waals surface area contributed by atoms with Crippen LogP contribution in [0.2, 0.25) is 0 Å². The predicted octanol–water partition coefficient (Wildman–Crippen LogP) is -0.337. The zero-order chi connectivity index (χ0) is 13.0. The van der Waals surface area contributed by atoms with Crippen molar-refractivity contribution in [1.29, 1.82) is 0 Å². The van der Waals surface area contributed by atoms with E-state index in [0.717, 1.165) is 42.9 Å². The number of aryl methyl sites for hydroxylation is 1. The molecule has 3 N–H and O–H groups in total. The van der Waals surface area contributed by atoms with Gasteiger partial charge in [0.25, 0.3) is 0 Å². The Morgan fingerprint density at radius 2 is 2.28 bits per heavy atom. The van der Waals surface area contributed by atoms with E-state index in [1.807, 2.05) is 16.4 Å². The van der Waals surface area contributed by atoms with Crippen LogP contribution in [0, 0.1) is 6.92 Å². The number of nitrogens with zero attached hydrogens (tertiary/aromatic N) is 4. The summed E-state index contributed by atoms with van der Waals surface area (Å²) >= 11 is 1.61. The van der Waals surface area contributed by atoms with Crippen LogP contribution in [-0.2, 0) is 6.54 Å². The van der Waals surface area contributed by atoms with Crippen LogP contribution < -0.4 is 11.1 Å². The number of rotatable bonds is 6. The van der Waals surface area contributed by atoms with E-state index in [1.165, 1.54) is 0 Å². The molecule has 0 bridgehead atoms. The Balaban J connectivity index is 1.84. The number of amides is 2. The second kappa shape index (κ2) is 6.05. The summed E-state index contributed by atoms with van der Waals surface area (Å²) < 4.78 is 2.01. The van der Waals surface area contributed by atoms with Crippen LogP contribution in [0.1, 0.15) is 5.82 Å². The Bertz CT molecular complexity index is 421. The summed E-state index contributed by atoms with van der Waals surface area (Å²) in [6, 6.07) is 0.0233. The second-order valence-corrected chi connectivity index (χ2v) is 5.10. The number of carbonyl (C=O) groups excluding carboxylic acids is 1. The number of thioether (sulfide) groups is 1. The maximum absolute atomic E-state index is 11.3. The zero-order valence-corrected chi connectivity index (χ0v) is 11.2. The first-order chi connectivity index (χ1) is 8.72. The summed E-state index contributed by atoms with van der Waals surface area (Å²) in [7, 11) is 0. The van der Waals surface area contributed by atoms with Gasteiger partial charge in [-0.2, -0.15) is 0 Å². The van der Waals surface area contributed by atoms with Gasteiger partial charge < -0.3 is 20.5 Å². The molecule has 0 aliphatic carbocycles. The largest absolute Gasteiger partial charge is 0.336 e. The van der Waals surface area contributed by atoms with Crippen LogP contribution in [0.4, 0.5) is 4.79 Å². The average Bonchev–Trinajstić information content (AvgIpc) is 2.90. The van der Waals surface area contributed by atoms with Gasteiger partial charge in [0.05, 0.1) is 0 Å². The average molecular weight is 270 g/mol. The van der Waals surface area contributed by atoms with E-state index in [-0.39, 0.29) is 6.03 Å². The molecule has 0 aromatic carbocycles. The highest BCUT2D eigenvalue weighted by Gasteiger charge is 2.19. The monoisotopic (exact) mass is 270 g/mol. The quantitative estimate of drug-likeness (QED) is 0.691. The maximum Gasteiger partial charge on any atom is 0.317 e. The van der Waals surface area contributed by atoms with Gasteiger partial charge in [-0.1, -0.05) is 11.8 Å². The molecule has 1 fully saturated rings. The SMILES string of the molecule is Cc1nnc(SCCN2CCNC2=O)n1CCN. The van der Waals surface area contributed by atoms with Crippen molar-refractivity contribution in [2.75, 3.05) is 31.9 Å². The molecular formula is C10H18N6OS. The molecule has 0 saturated carbocycles. The van der Waals surface area contributed by atoms with Crippen molar-refractivity contribution < 1.29 is 4.79 Å². The smallest absolute Gasteiger partial charge is 0.317 e. The number of hydrogen-bond donors (Lipinski definition) is 2. The predicted molar refractivity (Wildman–Crippen MR) is 69.5 cm³/mol. The van der Waals surface area contributed by atoms with Crippen molar-refractivity contribution in [2.45, 2.75) is 18.6 Å². The molecule has 100 valence electrons. The van der Waals surface area contributed by atoms with E-state index < -0.39 is 0 Å². The maximum atomic E-state index is 11.3. The van der Waals surface area contributed by atoms with Crippen molar-refractivity contribution in [2.24, 2.45) is 5.73 Å². The standard InChI is InChI=1S/C10H18N6OS/c1-8-13-14-10(16(8)4-2-11)18-7-6-15-5-3-12-9(15)17/h2-7,11H2,1H3,(H,12,17). The van der Waals surface area contributed by atoms with Gasteiger partial charge in [-0.15, -0.1) is 10.2 Å². The Labute approximate surface area is 110 Å². The Morgan fingerprint density at radius 3 is 2.94 bits per heavy atom. The molecule has 18 heavy (non-hydrogen) atoms. The van der Waals surface area contributed by atoms with Gasteiger partial charge in [0.15, 0.2) is 5.16 Å². The first-order valence-corrected chi connectivity index (χ1v) is 6.96. The molecule has 0 radical (unpaired) electrons. The normalized spacial score (nSPS) is 15.2. The summed E-state index contributed by atoms with van der Waals surface area (Å²) in [5.74, 6) is 1.69. The van der Waals surface area contributed by atoms with Crippen LogP contribution in [0.25, 0.3) is 0 Å². The van der Waals surface area contributed by atoms with Crippen molar-refractivity contribution in [1.82, 2.24) is 25.0 Å². The molecule has 0 spiro atoms. The van der Waals surface area contributed by atoms with E-state index in [4.69, 9.17) is 5.73 Å². The number of carbonyl (C=O) groups is 1. The van der Waals surface area contributed by atoms with Crippen LogP contribution in [0.15, 0.2) is 5.16 Å². The van der Waals surface area contributed by atoms with Crippen LogP contribution in [0.3, 0.4) is 0 Å². The fourth-order valence-corrected chi connectivity index (χ4v) is 2.80. The van der Waals surface area contributed by atoms with E-state index in [2.05, 4.69) is 15.5 Å². The summed E-state index contributed by atoms with van der Waals surface area (Å²) in [6.45, 7) is 5.47. The summed E-state index contributed by atoms with van der Waals surface area (Å²) in [6.07, 6.45) is 0. The highest BCUT2D eigenvalue weighted by molar-refractivity contribution is 7.99. The summed E-state index contributed by atoms with van der Waals surface area (Å²) in [4.78, 5) is 13.2. The number of hydrogen-bond acceptors (Lipinski definition) is 5. The number of aromatic nitrogens is 3.